The second kappa shape index (κ2) is 8.35. The molecule has 3 heterocycles. The summed E-state index contributed by atoms with van der Waals surface area (Å²) >= 11 is 0. The first-order valence-electron chi connectivity index (χ1n) is 12.0. The Morgan fingerprint density at radius 3 is 2.40 bits per heavy atom. The smallest absolute Gasteiger partial charge is 0.253 e. The highest BCUT2D eigenvalue weighted by Crippen LogP contribution is 2.29. The fraction of sp³-hybridized carbons (Fsp3) is 0.640. The van der Waals surface area contributed by atoms with E-state index in [1.165, 1.54) is 49.6 Å². The molecule has 2 saturated heterocycles. The first kappa shape index (κ1) is 20.1. The highest BCUT2D eigenvalue weighted by atomic mass is 16.2. The Labute approximate surface area is 180 Å². The summed E-state index contributed by atoms with van der Waals surface area (Å²) in [5.41, 5.74) is 2.10. The van der Waals surface area contributed by atoms with Crippen molar-refractivity contribution in [3.63, 3.8) is 0 Å². The van der Waals surface area contributed by atoms with Crippen LogP contribution in [0, 0.1) is 0 Å². The van der Waals surface area contributed by atoms with Crippen molar-refractivity contribution in [2.24, 2.45) is 0 Å². The number of hydrogen-bond donors (Lipinski definition) is 0. The van der Waals surface area contributed by atoms with Gasteiger partial charge >= 0.3 is 0 Å². The number of aromatic nitrogens is 1. The fourth-order valence-electron chi connectivity index (χ4n) is 5.82. The van der Waals surface area contributed by atoms with Crippen LogP contribution < -0.4 is 0 Å². The number of carbonyl (C=O) groups excluding carboxylic acids is 1. The van der Waals surface area contributed by atoms with Gasteiger partial charge in [-0.3, -0.25) is 14.6 Å². The minimum atomic E-state index is 0.197. The average Bonchev–Trinajstić information content (AvgIpc) is 3.53. The van der Waals surface area contributed by atoms with Crippen molar-refractivity contribution in [3.8, 4) is 0 Å². The molecule has 2 aliphatic heterocycles. The molecule has 3 fully saturated rings. The highest BCUT2D eigenvalue weighted by Gasteiger charge is 2.29. The van der Waals surface area contributed by atoms with Crippen molar-refractivity contribution >= 4 is 16.8 Å². The summed E-state index contributed by atoms with van der Waals surface area (Å²) < 4.78 is 2.42. The SMILES string of the molecule is CC(C)N1CCC(n2ccc3cc(C(=O)N4CCN(C5CCCC5)CC4)ccc32)C1. The molecule has 1 aliphatic carbocycles. The lowest BCUT2D eigenvalue weighted by molar-refractivity contribution is 0.0573. The number of rotatable bonds is 4. The maximum absolute atomic E-state index is 13.1. The van der Waals surface area contributed by atoms with Gasteiger partial charge in [0.05, 0.1) is 0 Å². The standard InChI is InChI=1S/C25H36N4O/c1-19(2)28-11-10-23(18-28)29-12-9-20-17-21(7-8-24(20)29)25(30)27-15-13-26(14-16-27)22-5-3-4-6-22/h7-9,12,17,19,22-23H,3-6,10-11,13-16,18H2,1-2H3. The van der Waals surface area contributed by atoms with Crippen LogP contribution >= 0.6 is 0 Å². The van der Waals surface area contributed by atoms with Crippen LogP contribution in [0.3, 0.4) is 0 Å². The van der Waals surface area contributed by atoms with Crippen LogP contribution in [0.4, 0.5) is 0 Å². The molecular weight excluding hydrogens is 372 g/mol. The monoisotopic (exact) mass is 408 g/mol. The molecule has 1 aromatic heterocycles. The topological polar surface area (TPSA) is 31.7 Å². The van der Waals surface area contributed by atoms with E-state index < -0.39 is 0 Å². The molecule has 3 aliphatic rings. The number of nitrogens with zero attached hydrogens (tertiary/aromatic N) is 4. The molecule has 5 nitrogen and oxygen atoms in total. The summed E-state index contributed by atoms with van der Waals surface area (Å²) in [6.45, 7) is 10.6. The van der Waals surface area contributed by atoms with Crippen LogP contribution in [0.15, 0.2) is 30.5 Å². The second-order valence-electron chi connectivity index (χ2n) is 9.79. The first-order valence-corrected chi connectivity index (χ1v) is 12.0. The van der Waals surface area contributed by atoms with Gasteiger partial charge in [-0.25, -0.2) is 0 Å². The molecule has 1 saturated carbocycles. The Kier molecular flexibility index (Phi) is 5.59. The third-order valence-corrected chi connectivity index (χ3v) is 7.73. The number of likely N-dealkylation sites (tertiary alicyclic amines) is 1. The molecule has 1 unspecified atom stereocenters. The Bertz CT molecular complexity index is 890. The molecule has 0 bridgehead atoms. The van der Waals surface area contributed by atoms with Crippen LogP contribution in [0.25, 0.3) is 10.9 Å². The van der Waals surface area contributed by atoms with E-state index in [1.54, 1.807) is 0 Å². The summed E-state index contributed by atoms with van der Waals surface area (Å²) in [5.74, 6) is 0.197. The summed E-state index contributed by atoms with van der Waals surface area (Å²) in [4.78, 5) is 20.4. The summed E-state index contributed by atoms with van der Waals surface area (Å²) in [6, 6.07) is 10.4. The number of hydrogen-bond acceptors (Lipinski definition) is 3. The molecule has 162 valence electrons. The van der Waals surface area contributed by atoms with Crippen LogP contribution in [-0.4, -0.2) is 76.5 Å². The highest BCUT2D eigenvalue weighted by molar-refractivity contribution is 5.98. The van der Waals surface area contributed by atoms with Crippen molar-refractivity contribution < 1.29 is 4.79 Å². The largest absolute Gasteiger partial charge is 0.343 e. The molecular formula is C25H36N4O. The van der Waals surface area contributed by atoms with E-state index in [0.717, 1.165) is 44.3 Å². The maximum atomic E-state index is 13.1. The third-order valence-electron chi connectivity index (χ3n) is 7.73. The van der Waals surface area contributed by atoms with E-state index in [2.05, 4.69) is 57.5 Å². The fourth-order valence-corrected chi connectivity index (χ4v) is 5.82. The zero-order valence-electron chi connectivity index (χ0n) is 18.6. The summed E-state index contributed by atoms with van der Waals surface area (Å²) in [5, 5.41) is 1.19. The third kappa shape index (κ3) is 3.78. The predicted octanol–water partition coefficient (Wildman–Crippen LogP) is 4.00. The Morgan fingerprint density at radius 1 is 0.933 bits per heavy atom. The molecule has 5 rings (SSSR count). The van der Waals surface area contributed by atoms with Crippen molar-refractivity contribution in [2.45, 2.75) is 64.1 Å². The van der Waals surface area contributed by atoms with Crippen molar-refractivity contribution in [1.82, 2.24) is 19.3 Å². The maximum Gasteiger partial charge on any atom is 0.253 e. The van der Waals surface area contributed by atoms with Gasteiger partial charge < -0.3 is 9.47 Å². The molecule has 1 atom stereocenters. The minimum absolute atomic E-state index is 0.197. The van der Waals surface area contributed by atoms with E-state index in [1.807, 2.05) is 6.07 Å². The number of carbonyl (C=O) groups is 1. The quantitative estimate of drug-likeness (QED) is 0.766. The van der Waals surface area contributed by atoms with Gasteiger partial charge in [-0.1, -0.05) is 12.8 Å². The van der Waals surface area contributed by atoms with Gasteiger partial charge in [0.25, 0.3) is 5.91 Å². The Hall–Kier alpha value is -1.85. The molecule has 0 spiro atoms. The van der Waals surface area contributed by atoms with Gasteiger partial charge in [0.15, 0.2) is 0 Å². The lowest BCUT2D eigenvalue weighted by Crippen LogP contribution is -2.51. The molecule has 0 N–H and O–H groups in total. The number of fused-ring (bicyclic) bond motifs is 1. The van der Waals surface area contributed by atoms with Crippen molar-refractivity contribution in [2.75, 3.05) is 39.3 Å². The van der Waals surface area contributed by atoms with Crippen molar-refractivity contribution in [3.05, 3.63) is 36.0 Å². The van der Waals surface area contributed by atoms with Crippen LogP contribution in [-0.2, 0) is 0 Å². The van der Waals surface area contributed by atoms with Gasteiger partial charge in [-0.05, 0) is 57.4 Å². The summed E-state index contributed by atoms with van der Waals surface area (Å²) in [6.07, 6.45) is 8.86. The van der Waals surface area contributed by atoms with Gasteiger partial charge in [0.1, 0.15) is 0 Å². The molecule has 30 heavy (non-hydrogen) atoms. The van der Waals surface area contributed by atoms with Gasteiger partial charge in [-0.15, -0.1) is 0 Å². The molecule has 1 aromatic carbocycles. The molecule has 1 amide bonds. The van der Waals surface area contributed by atoms with Crippen LogP contribution in [0.5, 0.6) is 0 Å². The molecule has 2 aromatic rings. The van der Waals surface area contributed by atoms with Crippen LogP contribution in [0.2, 0.25) is 0 Å². The predicted molar refractivity (Wildman–Crippen MR) is 122 cm³/mol. The minimum Gasteiger partial charge on any atom is -0.343 e. The second-order valence-corrected chi connectivity index (χ2v) is 9.79. The van der Waals surface area contributed by atoms with Gasteiger partial charge in [-0.2, -0.15) is 0 Å². The normalized spacial score (nSPS) is 24.5. The molecule has 0 radical (unpaired) electrons. The van der Waals surface area contributed by atoms with Crippen molar-refractivity contribution in [1.29, 1.82) is 0 Å². The number of amides is 1. The van der Waals surface area contributed by atoms with E-state index in [-0.39, 0.29) is 5.91 Å². The first-order chi connectivity index (χ1) is 14.6. The molecule has 5 heteroatoms. The Morgan fingerprint density at radius 2 is 1.70 bits per heavy atom. The lowest BCUT2D eigenvalue weighted by Gasteiger charge is -2.38. The zero-order chi connectivity index (χ0) is 20.7. The van der Waals surface area contributed by atoms with E-state index in [4.69, 9.17) is 0 Å². The van der Waals surface area contributed by atoms with E-state index in [9.17, 15) is 4.79 Å². The number of piperazine rings is 1. The average molecular weight is 409 g/mol. The van der Waals surface area contributed by atoms with Crippen LogP contribution in [0.1, 0.15) is 62.4 Å². The van der Waals surface area contributed by atoms with Gasteiger partial charge in [0.2, 0.25) is 0 Å². The van der Waals surface area contributed by atoms with E-state index >= 15 is 0 Å². The zero-order valence-corrected chi connectivity index (χ0v) is 18.6. The number of benzene rings is 1. The van der Waals surface area contributed by atoms with Gasteiger partial charge in [0, 0.05) is 80.1 Å². The van der Waals surface area contributed by atoms with E-state index in [0.29, 0.717) is 12.1 Å². The summed E-state index contributed by atoms with van der Waals surface area (Å²) in [7, 11) is 0. The lowest BCUT2D eigenvalue weighted by atomic mass is 10.1. The Balaban J connectivity index is 1.26.